The molecular formula is C26H42N2S. The molecule has 0 saturated heterocycles. The predicted molar refractivity (Wildman–Crippen MR) is 129 cm³/mol. The number of thiocarbonyl (C=S) groups is 1. The summed E-state index contributed by atoms with van der Waals surface area (Å²) in [6.45, 7) is 8.41. The van der Waals surface area contributed by atoms with Gasteiger partial charge < -0.3 is 10.6 Å². The van der Waals surface area contributed by atoms with E-state index in [1.165, 1.54) is 44.1 Å². The Balaban J connectivity index is 0.00000240. The van der Waals surface area contributed by atoms with E-state index in [9.17, 15) is 0 Å². The van der Waals surface area contributed by atoms with Crippen LogP contribution in [-0.2, 0) is 6.54 Å². The third-order valence-electron chi connectivity index (χ3n) is 8.48. The van der Waals surface area contributed by atoms with Gasteiger partial charge >= 0.3 is 0 Å². The van der Waals surface area contributed by atoms with Crippen molar-refractivity contribution in [2.24, 2.45) is 29.1 Å². The first-order valence-electron chi connectivity index (χ1n) is 11.5. The largest absolute Gasteiger partial charge is 0.375 e. The summed E-state index contributed by atoms with van der Waals surface area (Å²) in [5.74, 6) is 3.44. The minimum atomic E-state index is 0. The van der Waals surface area contributed by atoms with Gasteiger partial charge in [-0.05, 0) is 60.3 Å². The Labute approximate surface area is 184 Å². The molecule has 162 valence electrons. The van der Waals surface area contributed by atoms with Crippen molar-refractivity contribution in [3.8, 4) is 0 Å². The van der Waals surface area contributed by atoms with E-state index < -0.39 is 0 Å². The summed E-state index contributed by atoms with van der Waals surface area (Å²) in [6.07, 6.45) is 9.08. The maximum absolute atomic E-state index is 5.87. The molecule has 0 heterocycles. The van der Waals surface area contributed by atoms with Crippen LogP contribution in [0, 0.1) is 29.1 Å². The number of nitrogens with one attached hydrogen (secondary N) is 2. The van der Waals surface area contributed by atoms with Crippen LogP contribution in [0.2, 0.25) is 0 Å². The molecule has 0 unspecified atom stereocenters. The van der Waals surface area contributed by atoms with Crippen molar-refractivity contribution in [2.75, 3.05) is 0 Å². The van der Waals surface area contributed by atoms with Crippen molar-refractivity contribution in [1.82, 2.24) is 10.6 Å². The smallest absolute Gasteiger partial charge is 0.0758 e. The van der Waals surface area contributed by atoms with Gasteiger partial charge in [-0.3, -0.25) is 0 Å². The summed E-state index contributed by atoms with van der Waals surface area (Å²) in [5.41, 5.74) is 1.94. The van der Waals surface area contributed by atoms with Gasteiger partial charge in [0.2, 0.25) is 0 Å². The summed E-state index contributed by atoms with van der Waals surface area (Å²) in [5, 5.41) is 7.60. The third kappa shape index (κ3) is 4.88. The summed E-state index contributed by atoms with van der Waals surface area (Å²) in [4.78, 5) is 1.12. The molecule has 0 spiro atoms. The molecule has 6 atom stereocenters. The Kier molecular flexibility index (Phi) is 7.43. The average molecular weight is 415 g/mol. The highest BCUT2D eigenvalue weighted by molar-refractivity contribution is 7.80. The Morgan fingerprint density at radius 2 is 1.76 bits per heavy atom. The van der Waals surface area contributed by atoms with Crippen LogP contribution in [0.1, 0.15) is 78.7 Å². The lowest BCUT2D eigenvalue weighted by Crippen LogP contribution is -2.56. The molecule has 4 saturated carbocycles. The van der Waals surface area contributed by atoms with Crippen LogP contribution >= 0.6 is 12.2 Å². The van der Waals surface area contributed by atoms with Crippen LogP contribution < -0.4 is 10.6 Å². The Hall–Kier alpha value is -0.930. The van der Waals surface area contributed by atoms with Crippen LogP contribution in [0.3, 0.4) is 0 Å². The number of hydrogen-bond donors (Lipinski definition) is 2. The Bertz CT molecular complexity index is 671. The zero-order chi connectivity index (χ0) is 19.7. The third-order valence-corrected chi connectivity index (χ3v) is 8.77. The molecular weight excluding hydrogens is 372 g/mol. The lowest BCUT2D eigenvalue weighted by atomic mass is 9.43. The zero-order valence-electron chi connectivity index (χ0n) is 17.9. The fraction of sp³-hybridized carbons (Fsp3) is 0.731. The standard InChI is InChI=1S/C25H38N2S.CH4/c1-17-19(13-20-15-21(17)25(20,2)3)14-24(28)27-23-12-8-7-11-22(23)26-16-18-9-5-4-6-10-18;/h4-6,9-10,17,19-23,26H,7-8,11-16H2,1-3H3,(H,27,28);1H4/t17-,19-,20+,21+,22+,23+;/m0./s1. The zero-order valence-corrected chi connectivity index (χ0v) is 18.7. The van der Waals surface area contributed by atoms with Crippen LogP contribution in [0.15, 0.2) is 30.3 Å². The summed E-state index contributed by atoms with van der Waals surface area (Å²) in [7, 11) is 0. The lowest BCUT2D eigenvalue weighted by Gasteiger charge is -2.62. The van der Waals surface area contributed by atoms with Gasteiger partial charge in [-0.1, -0.05) is 83.6 Å². The van der Waals surface area contributed by atoms with E-state index in [4.69, 9.17) is 12.2 Å². The molecule has 4 aliphatic rings. The summed E-state index contributed by atoms with van der Waals surface area (Å²) < 4.78 is 0. The number of rotatable bonds is 6. The minimum Gasteiger partial charge on any atom is -0.375 e. The van der Waals surface area contributed by atoms with E-state index in [0.29, 0.717) is 17.5 Å². The molecule has 1 aromatic carbocycles. The quantitative estimate of drug-likeness (QED) is 0.530. The molecule has 0 aliphatic heterocycles. The highest BCUT2D eigenvalue weighted by Crippen LogP contribution is 2.63. The molecule has 5 rings (SSSR count). The van der Waals surface area contributed by atoms with Crippen molar-refractivity contribution in [2.45, 2.75) is 91.8 Å². The molecule has 4 aliphatic carbocycles. The molecule has 2 N–H and O–H groups in total. The highest BCUT2D eigenvalue weighted by atomic mass is 32.1. The maximum atomic E-state index is 5.87. The molecule has 0 aromatic heterocycles. The summed E-state index contributed by atoms with van der Waals surface area (Å²) in [6, 6.07) is 11.8. The first-order valence-corrected chi connectivity index (χ1v) is 11.9. The fourth-order valence-corrected chi connectivity index (χ4v) is 6.79. The topological polar surface area (TPSA) is 24.1 Å². The van der Waals surface area contributed by atoms with E-state index in [-0.39, 0.29) is 7.43 Å². The monoisotopic (exact) mass is 414 g/mol. The molecule has 4 fully saturated rings. The van der Waals surface area contributed by atoms with Gasteiger partial charge in [0.05, 0.1) is 4.99 Å². The maximum Gasteiger partial charge on any atom is 0.0758 e. The fourth-order valence-electron chi connectivity index (χ4n) is 6.42. The van der Waals surface area contributed by atoms with Gasteiger partial charge in [0.25, 0.3) is 0 Å². The Morgan fingerprint density at radius 3 is 2.41 bits per heavy atom. The molecule has 3 heteroatoms. The second-order valence-electron chi connectivity index (χ2n) is 10.4. The lowest BCUT2D eigenvalue weighted by molar-refractivity contribution is -0.126. The highest BCUT2D eigenvalue weighted by Gasteiger charge is 2.56. The summed E-state index contributed by atoms with van der Waals surface area (Å²) >= 11 is 5.87. The number of hydrogen-bond acceptors (Lipinski definition) is 2. The predicted octanol–water partition coefficient (Wildman–Crippen LogP) is 6.35. The average Bonchev–Trinajstić information content (AvgIpc) is 2.69. The van der Waals surface area contributed by atoms with E-state index in [0.717, 1.165) is 41.6 Å². The van der Waals surface area contributed by atoms with Gasteiger partial charge in [0, 0.05) is 25.0 Å². The normalized spacial score (nSPS) is 35.1. The molecule has 2 bridgehead atoms. The minimum absolute atomic E-state index is 0. The molecule has 0 amide bonds. The number of benzene rings is 1. The van der Waals surface area contributed by atoms with Crippen molar-refractivity contribution < 1.29 is 0 Å². The van der Waals surface area contributed by atoms with Gasteiger partial charge in [0.1, 0.15) is 0 Å². The first-order chi connectivity index (χ1) is 13.4. The van der Waals surface area contributed by atoms with E-state index in [2.05, 4.69) is 61.7 Å². The molecule has 2 nitrogen and oxygen atoms in total. The SMILES string of the molecule is C.C[C@H]1[C@H](CC(=S)N[C@@H]2CCCC[C@H]2NCc2ccccc2)C[C@@H]2C[C@H]1C2(C)C. The van der Waals surface area contributed by atoms with Crippen LogP contribution in [0.5, 0.6) is 0 Å². The van der Waals surface area contributed by atoms with E-state index in [1.807, 2.05) is 0 Å². The Morgan fingerprint density at radius 1 is 1.07 bits per heavy atom. The van der Waals surface area contributed by atoms with Crippen molar-refractivity contribution in [3.05, 3.63) is 35.9 Å². The van der Waals surface area contributed by atoms with Crippen molar-refractivity contribution >= 4 is 17.2 Å². The molecule has 29 heavy (non-hydrogen) atoms. The first kappa shape index (κ1) is 22.7. The van der Waals surface area contributed by atoms with Gasteiger partial charge in [0.15, 0.2) is 0 Å². The van der Waals surface area contributed by atoms with E-state index in [1.54, 1.807) is 0 Å². The van der Waals surface area contributed by atoms with E-state index >= 15 is 0 Å². The van der Waals surface area contributed by atoms with Gasteiger partial charge in [-0.2, -0.15) is 0 Å². The second-order valence-corrected chi connectivity index (χ2v) is 10.8. The van der Waals surface area contributed by atoms with Crippen LogP contribution in [0.25, 0.3) is 0 Å². The van der Waals surface area contributed by atoms with Crippen molar-refractivity contribution in [3.63, 3.8) is 0 Å². The van der Waals surface area contributed by atoms with Crippen LogP contribution in [0.4, 0.5) is 0 Å². The molecule has 1 aromatic rings. The van der Waals surface area contributed by atoms with Crippen LogP contribution in [-0.4, -0.2) is 17.1 Å². The molecule has 0 radical (unpaired) electrons. The van der Waals surface area contributed by atoms with Gasteiger partial charge in [-0.15, -0.1) is 0 Å². The second kappa shape index (κ2) is 9.47. The van der Waals surface area contributed by atoms with Gasteiger partial charge in [-0.25, -0.2) is 0 Å². The van der Waals surface area contributed by atoms with Crippen molar-refractivity contribution in [1.29, 1.82) is 0 Å². The number of fused-ring (bicyclic) bond motifs is 2.